The predicted molar refractivity (Wildman–Crippen MR) is 99.1 cm³/mol. The van der Waals surface area contributed by atoms with Crippen molar-refractivity contribution < 1.29 is 14.3 Å². The number of anilines is 1. The molecule has 2 amide bonds. The Labute approximate surface area is 156 Å². The van der Waals surface area contributed by atoms with Gasteiger partial charge < -0.3 is 15.0 Å². The fourth-order valence-electron chi connectivity index (χ4n) is 3.00. The third kappa shape index (κ3) is 3.72. The van der Waals surface area contributed by atoms with Gasteiger partial charge in [-0.1, -0.05) is 29.5 Å². The normalized spacial score (nSPS) is 17.3. The lowest BCUT2D eigenvalue weighted by Gasteiger charge is -2.28. The van der Waals surface area contributed by atoms with Gasteiger partial charge in [-0.15, -0.1) is 0 Å². The molecule has 6 nitrogen and oxygen atoms in total. The van der Waals surface area contributed by atoms with Gasteiger partial charge in [0.15, 0.2) is 11.2 Å². The summed E-state index contributed by atoms with van der Waals surface area (Å²) < 4.78 is 5.75. The number of carbonyl (C=O) groups is 2. The minimum atomic E-state index is -0.541. The molecule has 1 saturated carbocycles. The van der Waals surface area contributed by atoms with Gasteiger partial charge >= 0.3 is 0 Å². The zero-order valence-corrected chi connectivity index (χ0v) is 15.4. The number of fused-ring (bicyclic) bond motifs is 1. The number of para-hydroxylation sites is 1. The highest BCUT2D eigenvalue weighted by Gasteiger charge is 2.31. The summed E-state index contributed by atoms with van der Waals surface area (Å²) in [6.07, 6.45) is 2.10. The lowest BCUT2D eigenvalue weighted by molar-refractivity contribution is -0.138. The van der Waals surface area contributed by atoms with Gasteiger partial charge in [0, 0.05) is 23.8 Å². The molecule has 0 bridgehead atoms. The van der Waals surface area contributed by atoms with E-state index in [1.165, 1.54) is 11.3 Å². The van der Waals surface area contributed by atoms with Crippen molar-refractivity contribution in [3.8, 4) is 5.75 Å². The first-order chi connectivity index (χ1) is 12.6. The monoisotopic (exact) mass is 371 g/mol. The molecule has 1 atom stereocenters. The molecule has 1 aromatic heterocycles. The summed E-state index contributed by atoms with van der Waals surface area (Å²) >= 11 is 1.47. The number of nitrogens with one attached hydrogen (secondary N) is 1. The Morgan fingerprint density at radius 2 is 2.08 bits per heavy atom. The first-order valence-corrected chi connectivity index (χ1v) is 9.72. The molecule has 4 rings (SSSR count). The van der Waals surface area contributed by atoms with Crippen LogP contribution in [0.15, 0.2) is 30.3 Å². The highest BCUT2D eigenvalue weighted by atomic mass is 32.1. The number of hydrogen-bond donors (Lipinski definition) is 1. The molecule has 1 unspecified atom stereocenters. The lowest BCUT2D eigenvalue weighted by Crippen LogP contribution is -2.42. The summed E-state index contributed by atoms with van der Waals surface area (Å²) in [5.41, 5.74) is 0.988. The second-order valence-electron chi connectivity index (χ2n) is 6.74. The van der Waals surface area contributed by atoms with Crippen LogP contribution in [0.25, 0.3) is 0 Å². The fraction of sp³-hybridized carbons (Fsp3) is 0.421. The average molecular weight is 371 g/mol. The third-order valence-electron chi connectivity index (χ3n) is 4.63. The van der Waals surface area contributed by atoms with E-state index in [1.807, 2.05) is 30.3 Å². The highest BCUT2D eigenvalue weighted by molar-refractivity contribution is 7.15. The Hall–Kier alpha value is -2.41. The molecule has 2 aromatic rings. The molecule has 136 valence electrons. The number of benzene rings is 1. The van der Waals surface area contributed by atoms with Gasteiger partial charge in [0.1, 0.15) is 5.75 Å². The van der Waals surface area contributed by atoms with E-state index in [4.69, 9.17) is 4.74 Å². The molecule has 0 spiro atoms. The van der Waals surface area contributed by atoms with E-state index in [2.05, 4.69) is 10.3 Å². The van der Waals surface area contributed by atoms with Gasteiger partial charge in [0.25, 0.3) is 5.91 Å². The molecule has 2 aliphatic rings. The Balaban J connectivity index is 1.38. The van der Waals surface area contributed by atoms with E-state index in [0.717, 1.165) is 23.4 Å². The predicted octanol–water partition coefficient (Wildman–Crippen LogP) is 2.84. The SMILES string of the molecule is CC(Oc1ccccc1)C(=O)N1CCc2nc(NC(=O)C3CC3)sc2C1. The molecule has 1 aromatic carbocycles. The molecule has 0 saturated heterocycles. The number of hydrogen-bond acceptors (Lipinski definition) is 5. The number of nitrogens with zero attached hydrogens (tertiary/aromatic N) is 2. The summed E-state index contributed by atoms with van der Waals surface area (Å²) in [5, 5.41) is 3.55. The van der Waals surface area contributed by atoms with E-state index < -0.39 is 6.10 Å². The van der Waals surface area contributed by atoms with Gasteiger partial charge in [0.05, 0.1) is 12.2 Å². The second kappa shape index (κ2) is 7.07. The fourth-order valence-corrected chi connectivity index (χ4v) is 4.03. The van der Waals surface area contributed by atoms with Gasteiger partial charge in [-0.2, -0.15) is 0 Å². The van der Waals surface area contributed by atoms with Gasteiger partial charge in [-0.05, 0) is 31.9 Å². The van der Waals surface area contributed by atoms with Crippen LogP contribution < -0.4 is 10.1 Å². The maximum atomic E-state index is 12.7. The molecule has 1 N–H and O–H groups in total. The van der Waals surface area contributed by atoms with Gasteiger partial charge in [-0.3, -0.25) is 9.59 Å². The van der Waals surface area contributed by atoms with E-state index >= 15 is 0 Å². The molecule has 2 heterocycles. The van der Waals surface area contributed by atoms with Crippen LogP contribution in [0, 0.1) is 5.92 Å². The summed E-state index contributed by atoms with van der Waals surface area (Å²) in [5.74, 6) is 0.879. The van der Waals surface area contributed by atoms with Crippen LogP contribution >= 0.6 is 11.3 Å². The van der Waals surface area contributed by atoms with Crippen LogP contribution in [0.3, 0.4) is 0 Å². The number of carbonyl (C=O) groups excluding carboxylic acids is 2. The Morgan fingerprint density at radius 1 is 1.31 bits per heavy atom. The molecule has 1 aliphatic heterocycles. The topological polar surface area (TPSA) is 71.5 Å². The molecule has 26 heavy (non-hydrogen) atoms. The molecule has 1 fully saturated rings. The summed E-state index contributed by atoms with van der Waals surface area (Å²) in [6.45, 7) is 2.92. The van der Waals surface area contributed by atoms with Crippen molar-refractivity contribution >= 4 is 28.3 Å². The van der Waals surface area contributed by atoms with Crippen molar-refractivity contribution in [1.82, 2.24) is 9.88 Å². The van der Waals surface area contributed by atoms with Crippen LogP contribution in [0.5, 0.6) is 5.75 Å². The highest BCUT2D eigenvalue weighted by Crippen LogP contribution is 2.33. The minimum absolute atomic E-state index is 0.0310. The van der Waals surface area contributed by atoms with E-state index in [0.29, 0.717) is 30.4 Å². The minimum Gasteiger partial charge on any atom is -0.481 e. The maximum absolute atomic E-state index is 12.7. The van der Waals surface area contributed by atoms with Crippen LogP contribution in [-0.4, -0.2) is 34.3 Å². The smallest absolute Gasteiger partial charge is 0.263 e. The van der Waals surface area contributed by atoms with Crippen molar-refractivity contribution in [2.75, 3.05) is 11.9 Å². The van der Waals surface area contributed by atoms with E-state index in [-0.39, 0.29) is 17.7 Å². The Bertz CT molecular complexity index is 817. The summed E-state index contributed by atoms with van der Waals surface area (Å²) in [6, 6.07) is 9.37. The largest absolute Gasteiger partial charge is 0.481 e. The summed E-state index contributed by atoms with van der Waals surface area (Å²) in [4.78, 5) is 32.0. The van der Waals surface area contributed by atoms with Crippen molar-refractivity contribution in [3.05, 3.63) is 40.9 Å². The van der Waals surface area contributed by atoms with Gasteiger partial charge in [-0.25, -0.2) is 4.98 Å². The first kappa shape index (κ1) is 17.0. The van der Waals surface area contributed by atoms with Crippen molar-refractivity contribution in [3.63, 3.8) is 0 Å². The number of ether oxygens (including phenoxy) is 1. The van der Waals surface area contributed by atoms with Crippen LogP contribution in [0.1, 0.15) is 30.3 Å². The first-order valence-electron chi connectivity index (χ1n) is 8.90. The molecule has 0 radical (unpaired) electrons. The van der Waals surface area contributed by atoms with E-state index in [9.17, 15) is 9.59 Å². The van der Waals surface area contributed by atoms with Crippen LogP contribution in [0.4, 0.5) is 5.13 Å². The standard InChI is InChI=1S/C19H21N3O3S/c1-12(25-14-5-3-2-4-6-14)18(24)22-10-9-15-16(11-22)26-19(20-15)21-17(23)13-7-8-13/h2-6,12-13H,7-11H2,1H3,(H,20,21,23). The Kier molecular flexibility index (Phi) is 4.63. The van der Waals surface area contributed by atoms with Crippen molar-refractivity contribution in [1.29, 1.82) is 0 Å². The molecule has 7 heteroatoms. The maximum Gasteiger partial charge on any atom is 0.263 e. The molecule has 1 aliphatic carbocycles. The number of aromatic nitrogens is 1. The summed E-state index contributed by atoms with van der Waals surface area (Å²) in [7, 11) is 0. The quantitative estimate of drug-likeness (QED) is 0.877. The van der Waals surface area contributed by atoms with Crippen molar-refractivity contribution in [2.45, 2.75) is 38.8 Å². The number of amides is 2. The number of thiazole rings is 1. The zero-order chi connectivity index (χ0) is 18.1. The number of rotatable bonds is 5. The second-order valence-corrected chi connectivity index (χ2v) is 7.82. The van der Waals surface area contributed by atoms with Crippen LogP contribution in [0.2, 0.25) is 0 Å². The molecular weight excluding hydrogens is 350 g/mol. The van der Waals surface area contributed by atoms with E-state index in [1.54, 1.807) is 11.8 Å². The third-order valence-corrected chi connectivity index (χ3v) is 5.62. The lowest BCUT2D eigenvalue weighted by atomic mass is 10.1. The van der Waals surface area contributed by atoms with Crippen molar-refractivity contribution in [2.24, 2.45) is 5.92 Å². The average Bonchev–Trinajstić information content (AvgIpc) is 3.42. The zero-order valence-electron chi connectivity index (χ0n) is 14.6. The van der Waals surface area contributed by atoms with Crippen LogP contribution in [-0.2, 0) is 22.6 Å². The Morgan fingerprint density at radius 3 is 2.81 bits per heavy atom. The van der Waals surface area contributed by atoms with Gasteiger partial charge in [0.2, 0.25) is 5.91 Å². The molecular formula is C19H21N3O3S.